The van der Waals surface area contributed by atoms with E-state index in [1.807, 2.05) is 37.4 Å². The van der Waals surface area contributed by atoms with E-state index in [1.165, 1.54) is 0 Å². The number of anilines is 1. The van der Waals surface area contributed by atoms with Gasteiger partial charge in [0, 0.05) is 36.1 Å². The molecule has 3 rings (SSSR count). The monoisotopic (exact) mass is 424 g/mol. The highest BCUT2D eigenvalue weighted by atomic mass is 32.2. The highest BCUT2D eigenvalue weighted by Gasteiger charge is 2.41. The van der Waals surface area contributed by atoms with Crippen LogP contribution in [0.5, 0.6) is 0 Å². The molecule has 0 bridgehead atoms. The molecule has 2 saturated heterocycles. The summed E-state index contributed by atoms with van der Waals surface area (Å²) in [4.78, 5) is 30.3. The summed E-state index contributed by atoms with van der Waals surface area (Å²) in [5, 5.41) is 0. The molecule has 2 amide bonds. The normalized spacial score (nSPS) is 23.9. The first-order valence-corrected chi connectivity index (χ1v) is 12.8. The van der Waals surface area contributed by atoms with Crippen LogP contribution in [0.2, 0.25) is 0 Å². The lowest BCUT2D eigenvalue weighted by atomic mass is 10.0. The molecule has 2 fully saturated rings. The van der Waals surface area contributed by atoms with Crippen LogP contribution in [-0.2, 0) is 19.4 Å². The molecule has 0 aromatic heterocycles. The van der Waals surface area contributed by atoms with Crippen LogP contribution in [0, 0.1) is 5.92 Å². The van der Waals surface area contributed by atoms with Gasteiger partial charge in [-0.15, -0.1) is 11.8 Å². The number of benzene rings is 1. The maximum Gasteiger partial charge on any atom is 0.228 e. The van der Waals surface area contributed by atoms with Gasteiger partial charge in [-0.25, -0.2) is 8.42 Å². The second kappa shape index (κ2) is 8.86. The number of carbonyl (C=O) groups excluding carboxylic acids is 2. The van der Waals surface area contributed by atoms with Gasteiger partial charge in [0.2, 0.25) is 11.8 Å². The van der Waals surface area contributed by atoms with E-state index >= 15 is 0 Å². The third-order valence-electron chi connectivity index (χ3n) is 5.54. The van der Waals surface area contributed by atoms with E-state index in [4.69, 9.17) is 0 Å². The van der Waals surface area contributed by atoms with Crippen LogP contribution in [0.15, 0.2) is 29.2 Å². The lowest BCUT2D eigenvalue weighted by Crippen LogP contribution is -2.45. The number of rotatable bonds is 7. The molecule has 1 aromatic carbocycles. The standard InChI is InChI=1S/C20H28N2O4S2/c1-3-4-10-21(17-9-11-28(25,26)14-17)20(24)15-12-19(23)22(13-15)16-5-7-18(27-2)8-6-16/h5-8,15,17H,3-4,9-14H2,1-2H3. The predicted molar refractivity (Wildman–Crippen MR) is 112 cm³/mol. The fourth-order valence-corrected chi connectivity index (χ4v) is 6.08. The van der Waals surface area contributed by atoms with Crippen LogP contribution in [0.25, 0.3) is 0 Å². The third-order valence-corrected chi connectivity index (χ3v) is 8.04. The molecule has 0 spiro atoms. The van der Waals surface area contributed by atoms with Crippen molar-refractivity contribution in [2.24, 2.45) is 5.92 Å². The average Bonchev–Trinajstić information content (AvgIpc) is 3.24. The molecule has 28 heavy (non-hydrogen) atoms. The second-order valence-corrected chi connectivity index (χ2v) is 10.7. The van der Waals surface area contributed by atoms with Crippen LogP contribution in [0.3, 0.4) is 0 Å². The maximum absolute atomic E-state index is 13.2. The zero-order valence-electron chi connectivity index (χ0n) is 16.5. The van der Waals surface area contributed by atoms with E-state index in [2.05, 4.69) is 0 Å². The van der Waals surface area contributed by atoms with Gasteiger partial charge in [-0.05, 0) is 43.4 Å². The minimum Gasteiger partial charge on any atom is -0.338 e. The summed E-state index contributed by atoms with van der Waals surface area (Å²) in [5.74, 6) is -0.349. The van der Waals surface area contributed by atoms with Gasteiger partial charge >= 0.3 is 0 Å². The van der Waals surface area contributed by atoms with Crippen molar-refractivity contribution >= 4 is 39.1 Å². The van der Waals surface area contributed by atoms with Gasteiger partial charge in [0.05, 0.1) is 17.4 Å². The Bertz CT molecular complexity index is 823. The smallest absolute Gasteiger partial charge is 0.228 e. The van der Waals surface area contributed by atoms with Crippen LogP contribution >= 0.6 is 11.8 Å². The topological polar surface area (TPSA) is 74.8 Å². The molecule has 2 heterocycles. The van der Waals surface area contributed by atoms with Gasteiger partial charge < -0.3 is 9.80 Å². The van der Waals surface area contributed by atoms with Crippen LogP contribution in [-0.4, -0.2) is 62.0 Å². The Hall–Kier alpha value is -1.54. The van der Waals surface area contributed by atoms with Crippen LogP contribution in [0.4, 0.5) is 5.69 Å². The van der Waals surface area contributed by atoms with E-state index in [0.717, 1.165) is 23.4 Å². The zero-order valence-corrected chi connectivity index (χ0v) is 18.1. The van der Waals surface area contributed by atoms with Crippen LogP contribution in [0.1, 0.15) is 32.6 Å². The van der Waals surface area contributed by atoms with Crippen molar-refractivity contribution in [3.05, 3.63) is 24.3 Å². The molecule has 0 saturated carbocycles. The summed E-state index contributed by atoms with van der Waals surface area (Å²) in [6.07, 6.45) is 4.45. The minimum atomic E-state index is -3.07. The number of sulfone groups is 1. The first kappa shape index (κ1) is 21.2. The molecule has 2 atom stereocenters. The van der Waals surface area contributed by atoms with Gasteiger partial charge in [0.25, 0.3) is 0 Å². The molecule has 8 heteroatoms. The quantitative estimate of drug-likeness (QED) is 0.629. The Morgan fingerprint density at radius 3 is 2.57 bits per heavy atom. The Morgan fingerprint density at radius 1 is 1.29 bits per heavy atom. The third kappa shape index (κ3) is 4.71. The molecule has 1 aromatic rings. The fraction of sp³-hybridized carbons (Fsp3) is 0.600. The van der Waals surface area contributed by atoms with Gasteiger partial charge in [-0.2, -0.15) is 0 Å². The summed E-state index contributed by atoms with van der Waals surface area (Å²) in [7, 11) is -3.07. The molecule has 2 aliphatic heterocycles. The van der Waals surface area contributed by atoms with Gasteiger partial charge in [-0.3, -0.25) is 9.59 Å². The van der Waals surface area contributed by atoms with Gasteiger partial charge in [-0.1, -0.05) is 13.3 Å². The van der Waals surface area contributed by atoms with Crippen molar-refractivity contribution in [1.29, 1.82) is 0 Å². The van der Waals surface area contributed by atoms with Crippen molar-refractivity contribution < 1.29 is 18.0 Å². The Balaban J connectivity index is 1.73. The van der Waals surface area contributed by atoms with Crippen molar-refractivity contribution in [2.75, 3.05) is 35.8 Å². The minimum absolute atomic E-state index is 0.0446. The SMILES string of the molecule is CCCCN(C(=O)C1CC(=O)N(c2ccc(SC)cc2)C1)C1CCS(=O)(=O)C1. The van der Waals surface area contributed by atoms with Crippen molar-refractivity contribution in [1.82, 2.24) is 4.90 Å². The number of hydrogen-bond acceptors (Lipinski definition) is 5. The van der Waals surface area contributed by atoms with E-state index in [1.54, 1.807) is 21.6 Å². The summed E-state index contributed by atoms with van der Waals surface area (Å²) in [5.41, 5.74) is 0.807. The first-order chi connectivity index (χ1) is 13.3. The van der Waals surface area contributed by atoms with Crippen LogP contribution < -0.4 is 4.90 Å². The molecular weight excluding hydrogens is 396 g/mol. The summed E-state index contributed by atoms with van der Waals surface area (Å²) in [6.45, 7) is 2.97. The molecule has 0 N–H and O–H groups in total. The number of unbranched alkanes of at least 4 members (excludes halogenated alkanes) is 1. The van der Waals surface area contributed by atoms with Crippen molar-refractivity contribution in [2.45, 2.75) is 43.5 Å². The average molecular weight is 425 g/mol. The number of amides is 2. The highest BCUT2D eigenvalue weighted by Crippen LogP contribution is 2.29. The number of hydrogen-bond donors (Lipinski definition) is 0. The zero-order chi connectivity index (χ0) is 20.3. The Labute approximate surface area is 171 Å². The molecule has 0 aliphatic carbocycles. The number of carbonyl (C=O) groups is 2. The van der Waals surface area contributed by atoms with Crippen molar-refractivity contribution in [3.63, 3.8) is 0 Å². The molecule has 2 aliphatic rings. The van der Waals surface area contributed by atoms with Gasteiger partial charge in [0.15, 0.2) is 9.84 Å². The van der Waals surface area contributed by atoms with Gasteiger partial charge in [0.1, 0.15) is 0 Å². The molecule has 154 valence electrons. The molecule has 0 radical (unpaired) electrons. The first-order valence-electron chi connectivity index (χ1n) is 9.80. The lowest BCUT2D eigenvalue weighted by Gasteiger charge is -2.30. The fourth-order valence-electron chi connectivity index (χ4n) is 3.94. The number of thioether (sulfide) groups is 1. The largest absolute Gasteiger partial charge is 0.338 e. The Kier molecular flexibility index (Phi) is 6.70. The van der Waals surface area contributed by atoms with Crippen molar-refractivity contribution in [3.8, 4) is 0 Å². The second-order valence-electron chi connectivity index (χ2n) is 7.55. The highest BCUT2D eigenvalue weighted by molar-refractivity contribution is 7.98. The predicted octanol–water partition coefficient (Wildman–Crippen LogP) is 2.58. The van der Waals surface area contributed by atoms with E-state index in [9.17, 15) is 18.0 Å². The molecule has 2 unspecified atom stereocenters. The van der Waals surface area contributed by atoms with E-state index in [0.29, 0.717) is 19.5 Å². The molecular formula is C20H28N2O4S2. The summed E-state index contributed by atoms with van der Waals surface area (Å²) >= 11 is 1.64. The maximum atomic E-state index is 13.2. The summed E-state index contributed by atoms with van der Waals surface area (Å²) in [6, 6.07) is 7.51. The summed E-state index contributed by atoms with van der Waals surface area (Å²) < 4.78 is 23.8. The number of nitrogens with zero attached hydrogens (tertiary/aromatic N) is 2. The lowest BCUT2D eigenvalue weighted by molar-refractivity contribution is -0.137. The van der Waals surface area contributed by atoms with E-state index in [-0.39, 0.29) is 35.8 Å². The Morgan fingerprint density at radius 2 is 2.00 bits per heavy atom. The molecule has 6 nitrogen and oxygen atoms in total. The van der Waals surface area contributed by atoms with E-state index < -0.39 is 15.8 Å².